The molecule has 0 fully saturated rings. The van der Waals surface area contributed by atoms with Crippen molar-refractivity contribution in [3.05, 3.63) is 0 Å². The number of rotatable bonds is 12. The van der Waals surface area contributed by atoms with Gasteiger partial charge in [0, 0.05) is 39.5 Å². The average molecular weight is 357 g/mol. The van der Waals surface area contributed by atoms with E-state index < -0.39 is 26.2 Å². The van der Waals surface area contributed by atoms with E-state index in [9.17, 15) is 0 Å². The molecule has 21 heavy (non-hydrogen) atoms. The summed E-state index contributed by atoms with van der Waals surface area (Å²) in [6, 6.07) is 0. The molecule has 0 spiro atoms. The molecule has 6 nitrogen and oxygen atoms in total. The van der Waals surface area contributed by atoms with Gasteiger partial charge < -0.3 is 25.9 Å². The molecule has 0 aromatic carbocycles. The van der Waals surface area contributed by atoms with Crippen LogP contribution in [0.25, 0.3) is 0 Å². The second-order valence-corrected chi connectivity index (χ2v) is 14.1. The zero-order valence-corrected chi connectivity index (χ0v) is 17.8. The molecule has 0 aliphatic carbocycles. The van der Waals surface area contributed by atoms with Crippen molar-refractivity contribution in [2.45, 2.75) is 53.9 Å². The van der Waals surface area contributed by atoms with Crippen LogP contribution in [0, 0.1) is 0 Å². The summed E-state index contributed by atoms with van der Waals surface area (Å²) in [5, 5.41) is 0. The van der Waals surface area contributed by atoms with Crippen molar-refractivity contribution in [3.8, 4) is 0 Å². The van der Waals surface area contributed by atoms with Crippen molar-refractivity contribution in [3.63, 3.8) is 0 Å². The van der Waals surface area contributed by atoms with Crippen LogP contribution in [0.4, 0.5) is 0 Å². The molecule has 0 aromatic rings. The summed E-state index contributed by atoms with van der Waals surface area (Å²) in [7, 11) is -7.95. The molecule has 1 atom stereocenters. The number of hydrogen-bond donors (Lipinski definition) is 0. The second-order valence-electron chi connectivity index (χ2n) is 5.06. The van der Waals surface area contributed by atoms with Gasteiger partial charge in [0.1, 0.15) is 0 Å². The highest BCUT2D eigenvalue weighted by Gasteiger charge is 2.50. The van der Waals surface area contributed by atoms with E-state index in [0.29, 0.717) is 26.4 Å². The summed E-state index contributed by atoms with van der Waals surface area (Å²) in [5.41, 5.74) is 0. The lowest BCUT2D eigenvalue weighted by molar-refractivity contribution is 0.0724. The third kappa shape index (κ3) is 8.57. The normalized spacial score (nSPS) is 16.0. The minimum atomic E-state index is -2.88. The SMILES string of the molecule is CCO[Si](C)(C)O[Si](C)(OCC)O[Si](C)(OCC)OCC. The molecule has 1 unspecified atom stereocenters. The van der Waals surface area contributed by atoms with Crippen LogP contribution in [0.1, 0.15) is 27.7 Å². The van der Waals surface area contributed by atoms with E-state index in [0.717, 1.165) is 0 Å². The van der Waals surface area contributed by atoms with Gasteiger partial charge in [-0.3, -0.25) is 0 Å². The minimum absolute atomic E-state index is 0.516. The zero-order valence-electron chi connectivity index (χ0n) is 14.8. The maximum atomic E-state index is 6.18. The van der Waals surface area contributed by atoms with Gasteiger partial charge in [-0.2, -0.15) is 0 Å². The van der Waals surface area contributed by atoms with Crippen LogP contribution < -0.4 is 0 Å². The van der Waals surface area contributed by atoms with Gasteiger partial charge in [0.05, 0.1) is 0 Å². The van der Waals surface area contributed by atoms with E-state index in [1.807, 2.05) is 53.9 Å². The van der Waals surface area contributed by atoms with Crippen molar-refractivity contribution in [2.24, 2.45) is 0 Å². The van der Waals surface area contributed by atoms with Gasteiger partial charge in [0.25, 0.3) is 0 Å². The Morgan fingerprint density at radius 2 is 0.905 bits per heavy atom. The average Bonchev–Trinajstić information content (AvgIpc) is 2.27. The highest BCUT2D eigenvalue weighted by Crippen LogP contribution is 2.23. The summed E-state index contributed by atoms with van der Waals surface area (Å²) >= 11 is 0. The van der Waals surface area contributed by atoms with Crippen LogP contribution in [-0.4, -0.2) is 52.6 Å². The molecular weight excluding hydrogens is 324 g/mol. The molecule has 0 aromatic heterocycles. The molecule has 0 bridgehead atoms. The van der Waals surface area contributed by atoms with Crippen molar-refractivity contribution in [2.75, 3.05) is 26.4 Å². The van der Waals surface area contributed by atoms with E-state index in [1.54, 1.807) is 0 Å². The fourth-order valence-corrected chi connectivity index (χ4v) is 12.5. The van der Waals surface area contributed by atoms with Crippen LogP contribution >= 0.6 is 0 Å². The summed E-state index contributed by atoms with van der Waals surface area (Å²) in [6.45, 7) is 17.7. The van der Waals surface area contributed by atoms with Gasteiger partial charge in [-0.05, 0) is 40.8 Å². The van der Waals surface area contributed by atoms with Gasteiger partial charge >= 0.3 is 26.2 Å². The highest BCUT2D eigenvalue weighted by molar-refractivity contribution is 6.81. The molecule has 9 heteroatoms. The van der Waals surface area contributed by atoms with E-state index in [-0.39, 0.29) is 0 Å². The molecule has 0 rings (SSSR count). The third-order valence-corrected chi connectivity index (χ3v) is 12.4. The highest BCUT2D eigenvalue weighted by atomic mass is 28.5. The maximum Gasteiger partial charge on any atom is 0.490 e. The number of hydrogen-bond acceptors (Lipinski definition) is 6. The van der Waals surface area contributed by atoms with Gasteiger partial charge in [0.2, 0.25) is 0 Å². The maximum absolute atomic E-state index is 6.18. The van der Waals surface area contributed by atoms with Crippen LogP contribution in [0.5, 0.6) is 0 Å². The van der Waals surface area contributed by atoms with Crippen molar-refractivity contribution in [1.29, 1.82) is 0 Å². The molecule has 0 aliphatic rings. The van der Waals surface area contributed by atoms with Gasteiger partial charge in [-0.25, -0.2) is 0 Å². The smallest absolute Gasteiger partial charge is 0.395 e. The fourth-order valence-electron chi connectivity index (χ4n) is 2.13. The Balaban J connectivity index is 5.07. The molecule has 0 amide bonds. The Morgan fingerprint density at radius 3 is 1.29 bits per heavy atom. The van der Waals surface area contributed by atoms with E-state index in [2.05, 4.69) is 0 Å². The lowest BCUT2D eigenvalue weighted by Gasteiger charge is -2.38. The van der Waals surface area contributed by atoms with E-state index in [1.165, 1.54) is 0 Å². The summed E-state index contributed by atoms with van der Waals surface area (Å²) in [6.07, 6.45) is 0. The summed E-state index contributed by atoms with van der Waals surface area (Å²) in [4.78, 5) is 0. The van der Waals surface area contributed by atoms with Gasteiger partial charge in [-0.1, -0.05) is 0 Å². The lowest BCUT2D eigenvalue weighted by atomic mass is 10.9. The quantitative estimate of drug-likeness (QED) is 0.501. The zero-order chi connectivity index (χ0) is 16.6. The van der Waals surface area contributed by atoms with Gasteiger partial charge in [-0.15, -0.1) is 0 Å². The first-order chi connectivity index (χ1) is 9.66. The predicted octanol–water partition coefficient (Wildman–Crippen LogP) is 3.00. The Kier molecular flexibility index (Phi) is 9.71. The first-order valence-corrected chi connectivity index (χ1v) is 14.9. The van der Waals surface area contributed by atoms with Crippen LogP contribution in [0.3, 0.4) is 0 Å². The minimum Gasteiger partial charge on any atom is -0.395 e. The van der Waals surface area contributed by atoms with E-state index >= 15 is 0 Å². The summed E-state index contributed by atoms with van der Waals surface area (Å²) < 4.78 is 35.4. The molecule has 0 aliphatic heterocycles. The van der Waals surface area contributed by atoms with Crippen LogP contribution in [-0.2, 0) is 25.9 Å². The molecule has 0 saturated carbocycles. The lowest BCUT2D eigenvalue weighted by Crippen LogP contribution is -2.60. The fraction of sp³-hybridized carbons (Fsp3) is 1.00. The Morgan fingerprint density at radius 1 is 0.524 bits per heavy atom. The van der Waals surface area contributed by atoms with Crippen molar-refractivity contribution < 1.29 is 25.9 Å². The first-order valence-electron chi connectivity index (χ1n) is 7.62. The van der Waals surface area contributed by atoms with Crippen molar-refractivity contribution in [1.82, 2.24) is 0 Å². The Labute approximate surface area is 133 Å². The topological polar surface area (TPSA) is 55.4 Å². The van der Waals surface area contributed by atoms with Crippen LogP contribution in [0.2, 0.25) is 26.2 Å². The largest absolute Gasteiger partial charge is 0.490 e. The summed E-state index contributed by atoms with van der Waals surface area (Å²) in [5.74, 6) is 0. The molecule has 0 heterocycles. The Bertz CT molecular complexity index is 286. The third-order valence-electron chi connectivity index (χ3n) is 2.51. The van der Waals surface area contributed by atoms with Crippen molar-refractivity contribution >= 4 is 26.2 Å². The monoisotopic (exact) mass is 356 g/mol. The molecular formula is C12H32O6Si3. The van der Waals surface area contributed by atoms with E-state index in [4.69, 9.17) is 25.9 Å². The van der Waals surface area contributed by atoms with Gasteiger partial charge in [0.15, 0.2) is 0 Å². The molecule has 128 valence electrons. The first kappa shape index (κ1) is 21.4. The molecule has 0 radical (unpaired) electrons. The molecule has 0 saturated heterocycles. The predicted molar refractivity (Wildman–Crippen MR) is 89.4 cm³/mol. The second kappa shape index (κ2) is 9.53. The van der Waals surface area contributed by atoms with Crippen LogP contribution in [0.15, 0.2) is 0 Å². The standard InChI is InChI=1S/C12H32O6Si3/c1-9-13-19(5,6)17-21(8,16-12-4)18-20(7,14-10-2)15-11-3/h9-12H2,1-8H3. The molecule has 0 N–H and O–H groups in total. The Hall–Kier alpha value is 0.411.